The SMILES string of the molecule is CCN(CC)c1ccc(NC(=O)Cc2cn3ccc(C)cc3n2)c(C)c1. The number of amides is 1. The number of carbonyl (C=O) groups excluding carboxylic acids is 1. The molecule has 3 aromatic rings. The lowest BCUT2D eigenvalue weighted by atomic mass is 10.1. The van der Waals surface area contributed by atoms with Crippen molar-refractivity contribution >= 4 is 22.9 Å². The van der Waals surface area contributed by atoms with Gasteiger partial charge in [-0.25, -0.2) is 4.98 Å². The van der Waals surface area contributed by atoms with Crippen LogP contribution in [-0.4, -0.2) is 28.4 Å². The minimum Gasteiger partial charge on any atom is -0.372 e. The normalized spacial score (nSPS) is 10.9. The van der Waals surface area contributed by atoms with Gasteiger partial charge in [-0.05, 0) is 69.2 Å². The standard InChI is InChI=1S/C21H26N4O/c1-5-24(6-2)18-7-8-19(16(4)12-18)23-21(26)13-17-14-25-10-9-15(3)11-20(25)22-17/h7-12,14H,5-6,13H2,1-4H3,(H,23,26). The molecule has 0 aliphatic rings. The number of benzene rings is 1. The van der Waals surface area contributed by atoms with E-state index in [0.29, 0.717) is 0 Å². The third-order valence-electron chi connectivity index (χ3n) is 4.62. The Kier molecular flexibility index (Phi) is 5.26. The molecule has 0 bridgehead atoms. The van der Waals surface area contributed by atoms with Crippen molar-refractivity contribution < 1.29 is 4.79 Å². The number of hydrogen-bond acceptors (Lipinski definition) is 3. The fourth-order valence-electron chi connectivity index (χ4n) is 3.15. The molecule has 0 aliphatic heterocycles. The van der Waals surface area contributed by atoms with E-state index in [1.807, 2.05) is 48.8 Å². The number of fused-ring (bicyclic) bond motifs is 1. The van der Waals surface area contributed by atoms with Gasteiger partial charge in [-0.2, -0.15) is 0 Å². The van der Waals surface area contributed by atoms with Gasteiger partial charge >= 0.3 is 0 Å². The number of hydrogen-bond donors (Lipinski definition) is 1. The molecule has 0 radical (unpaired) electrons. The molecule has 2 aromatic heterocycles. The molecule has 0 spiro atoms. The fraction of sp³-hybridized carbons (Fsp3) is 0.333. The van der Waals surface area contributed by atoms with E-state index in [9.17, 15) is 4.79 Å². The second-order valence-electron chi connectivity index (χ2n) is 6.60. The van der Waals surface area contributed by atoms with E-state index in [4.69, 9.17) is 0 Å². The number of rotatable bonds is 6. The van der Waals surface area contributed by atoms with E-state index in [2.05, 4.69) is 41.2 Å². The molecule has 0 aliphatic carbocycles. The summed E-state index contributed by atoms with van der Waals surface area (Å²) >= 11 is 0. The first kappa shape index (κ1) is 18.0. The Balaban J connectivity index is 1.70. The minimum atomic E-state index is -0.0520. The van der Waals surface area contributed by atoms with Crippen molar-refractivity contribution in [2.75, 3.05) is 23.3 Å². The Morgan fingerprint density at radius 3 is 2.62 bits per heavy atom. The van der Waals surface area contributed by atoms with Crippen LogP contribution in [-0.2, 0) is 11.2 Å². The summed E-state index contributed by atoms with van der Waals surface area (Å²) in [5.74, 6) is -0.0520. The number of imidazole rings is 1. The highest BCUT2D eigenvalue weighted by Crippen LogP contribution is 2.23. The van der Waals surface area contributed by atoms with Crippen LogP contribution >= 0.6 is 0 Å². The van der Waals surface area contributed by atoms with Crippen molar-refractivity contribution in [1.82, 2.24) is 9.38 Å². The van der Waals surface area contributed by atoms with Gasteiger partial charge in [0.2, 0.25) is 5.91 Å². The predicted molar refractivity (Wildman–Crippen MR) is 107 cm³/mol. The summed E-state index contributed by atoms with van der Waals surface area (Å²) in [5, 5.41) is 3.01. The molecule has 0 atom stereocenters. The van der Waals surface area contributed by atoms with Crippen molar-refractivity contribution in [1.29, 1.82) is 0 Å². The van der Waals surface area contributed by atoms with Crippen LogP contribution in [0.15, 0.2) is 42.7 Å². The first-order valence-electron chi connectivity index (χ1n) is 9.09. The molecule has 1 N–H and O–H groups in total. The molecule has 0 fully saturated rings. The van der Waals surface area contributed by atoms with Gasteiger partial charge in [-0.1, -0.05) is 0 Å². The third kappa shape index (κ3) is 3.87. The highest BCUT2D eigenvalue weighted by atomic mass is 16.1. The summed E-state index contributed by atoms with van der Waals surface area (Å²) in [6.45, 7) is 10.3. The Morgan fingerprint density at radius 1 is 1.15 bits per heavy atom. The first-order chi connectivity index (χ1) is 12.5. The zero-order valence-electron chi connectivity index (χ0n) is 15.9. The largest absolute Gasteiger partial charge is 0.372 e. The molecule has 1 aromatic carbocycles. The van der Waals surface area contributed by atoms with Gasteiger partial charge in [-0.15, -0.1) is 0 Å². The highest BCUT2D eigenvalue weighted by molar-refractivity contribution is 5.93. The zero-order valence-corrected chi connectivity index (χ0v) is 15.9. The number of aryl methyl sites for hydroxylation is 2. The summed E-state index contributed by atoms with van der Waals surface area (Å²) in [6, 6.07) is 10.2. The Hall–Kier alpha value is -2.82. The van der Waals surface area contributed by atoms with Gasteiger partial charge in [-0.3, -0.25) is 4.79 Å². The molecule has 0 unspecified atom stereocenters. The third-order valence-corrected chi connectivity index (χ3v) is 4.62. The van der Waals surface area contributed by atoms with E-state index >= 15 is 0 Å². The van der Waals surface area contributed by atoms with Crippen LogP contribution < -0.4 is 10.2 Å². The summed E-state index contributed by atoms with van der Waals surface area (Å²) in [6.07, 6.45) is 4.14. The van der Waals surface area contributed by atoms with Crippen LogP contribution in [0.5, 0.6) is 0 Å². The Bertz CT molecular complexity index is 925. The second kappa shape index (κ2) is 7.60. The molecule has 26 heavy (non-hydrogen) atoms. The highest BCUT2D eigenvalue weighted by Gasteiger charge is 2.11. The van der Waals surface area contributed by atoms with Crippen LogP contribution in [0, 0.1) is 13.8 Å². The van der Waals surface area contributed by atoms with Crippen molar-refractivity contribution in [3.05, 3.63) is 59.5 Å². The van der Waals surface area contributed by atoms with Crippen LogP contribution in [0.4, 0.5) is 11.4 Å². The van der Waals surface area contributed by atoms with Crippen molar-refractivity contribution in [3.63, 3.8) is 0 Å². The van der Waals surface area contributed by atoms with Gasteiger partial charge in [0.15, 0.2) is 0 Å². The van der Waals surface area contributed by atoms with E-state index in [-0.39, 0.29) is 12.3 Å². The van der Waals surface area contributed by atoms with E-state index < -0.39 is 0 Å². The average molecular weight is 350 g/mol. The average Bonchev–Trinajstić information content (AvgIpc) is 2.99. The van der Waals surface area contributed by atoms with E-state index in [1.165, 1.54) is 5.69 Å². The maximum Gasteiger partial charge on any atom is 0.230 e. The number of carbonyl (C=O) groups is 1. The molecular formula is C21H26N4O. The number of aromatic nitrogens is 2. The van der Waals surface area contributed by atoms with E-state index in [0.717, 1.165) is 41.2 Å². The quantitative estimate of drug-likeness (QED) is 0.731. The summed E-state index contributed by atoms with van der Waals surface area (Å²) in [5.41, 5.74) is 5.89. The molecule has 1 amide bonds. The summed E-state index contributed by atoms with van der Waals surface area (Å²) < 4.78 is 1.94. The Morgan fingerprint density at radius 2 is 1.92 bits per heavy atom. The molecule has 5 nitrogen and oxygen atoms in total. The lowest BCUT2D eigenvalue weighted by Crippen LogP contribution is -2.22. The number of anilines is 2. The topological polar surface area (TPSA) is 49.6 Å². The monoisotopic (exact) mass is 350 g/mol. The first-order valence-corrected chi connectivity index (χ1v) is 9.09. The molecular weight excluding hydrogens is 324 g/mol. The summed E-state index contributed by atoms with van der Waals surface area (Å²) in [4.78, 5) is 19.3. The van der Waals surface area contributed by atoms with Crippen LogP contribution in [0.2, 0.25) is 0 Å². The van der Waals surface area contributed by atoms with Gasteiger partial charge in [0, 0.05) is 36.9 Å². The predicted octanol–water partition coefficient (Wildman–Crippen LogP) is 3.98. The van der Waals surface area contributed by atoms with Gasteiger partial charge in [0.1, 0.15) is 5.65 Å². The molecule has 2 heterocycles. The maximum absolute atomic E-state index is 12.4. The lowest BCUT2D eigenvalue weighted by Gasteiger charge is -2.22. The Labute approximate surface area is 154 Å². The van der Waals surface area contributed by atoms with Crippen LogP contribution in [0.1, 0.15) is 30.7 Å². The van der Waals surface area contributed by atoms with Gasteiger partial charge < -0.3 is 14.6 Å². The molecule has 136 valence electrons. The molecule has 0 saturated carbocycles. The van der Waals surface area contributed by atoms with Gasteiger partial charge in [0.25, 0.3) is 0 Å². The smallest absolute Gasteiger partial charge is 0.230 e. The van der Waals surface area contributed by atoms with Crippen molar-refractivity contribution in [2.45, 2.75) is 34.1 Å². The maximum atomic E-state index is 12.4. The lowest BCUT2D eigenvalue weighted by molar-refractivity contribution is -0.115. The second-order valence-corrected chi connectivity index (χ2v) is 6.60. The fourth-order valence-corrected chi connectivity index (χ4v) is 3.15. The number of nitrogens with zero attached hydrogens (tertiary/aromatic N) is 3. The van der Waals surface area contributed by atoms with E-state index in [1.54, 1.807) is 0 Å². The molecule has 5 heteroatoms. The number of pyridine rings is 1. The van der Waals surface area contributed by atoms with Gasteiger partial charge in [0.05, 0.1) is 12.1 Å². The minimum absolute atomic E-state index is 0.0520. The molecule has 3 rings (SSSR count). The van der Waals surface area contributed by atoms with Crippen LogP contribution in [0.25, 0.3) is 5.65 Å². The van der Waals surface area contributed by atoms with Crippen molar-refractivity contribution in [2.24, 2.45) is 0 Å². The summed E-state index contributed by atoms with van der Waals surface area (Å²) in [7, 11) is 0. The van der Waals surface area contributed by atoms with Crippen molar-refractivity contribution in [3.8, 4) is 0 Å². The number of nitrogens with one attached hydrogen (secondary N) is 1. The zero-order chi connectivity index (χ0) is 18.7. The molecule has 0 saturated heterocycles. The van der Waals surface area contributed by atoms with Crippen LogP contribution in [0.3, 0.4) is 0 Å².